The van der Waals surface area contributed by atoms with Crippen molar-refractivity contribution in [2.45, 2.75) is 25.8 Å². The zero-order valence-electron chi connectivity index (χ0n) is 9.11. The molecule has 0 radical (unpaired) electrons. The molecule has 0 amide bonds. The first-order valence-corrected chi connectivity index (χ1v) is 6.94. The molecule has 1 rings (SSSR count). The third-order valence-electron chi connectivity index (χ3n) is 2.30. The highest BCUT2D eigenvalue weighted by Gasteiger charge is 2.00. The zero-order chi connectivity index (χ0) is 11.8. The van der Waals surface area contributed by atoms with E-state index < -0.39 is 0 Å². The summed E-state index contributed by atoms with van der Waals surface area (Å²) in [5.41, 5.74) is 0.933. The van der Waals surface area contributed by atoms with Crippen LogP contribution in [0.5, 0.6) is 0 Å². The van der Waals surface area contributed by atoms with E-state index in [0.29, 0.717) is 6.54 Å². The maximum atomic E-state index is 13.1. The molecule has 0 saturated heterocycles. The van der Waals surface area contributed by atoms with Crippen LogP contribution >= 0.6 is 27.5 Å². The predicted molar refractivity (Wildman–Crippen MR) is 70.8 cm³/mol. The lowest BCUT2D eigenvalue weighted by Crippen LogP contribution is -2.14. The van der Waals surface area contributed by atoms with E-state index in [0.717, 1.165) is 23.9 Å². The highest BCUT2D eigenvalue weighted by atomic mass is 79.9. The smallest absolute Gasteiger partial charge is 0.142 e. The summed E-state index contributed by atoms with van der Waals surface area (Å²) in [6, 6.07) is 4.92. The number of alkyl halides is 1. The van der Waals surface area contributed by atoms with Crippen LogP contribution in [0.25, 0.3) is 0 Å². The van der Waals surface area contributed by atoms with Crippen LogP contribution in [0.4, 0.5) is 4.39 Å². The summed E-state index contributed by atoms with van der Waals surface area (Å²) in [6.45, 7) is 1.67. The molecule has 1 aromatic rings. The van der Waals surface area contributed by atoms with Crippen LogP contribution in [-0.4, -0.2) is 11.9 Å². The molecule has 0 spiro atoms. The van der Waals surface area contributed by atoms with Crippen molar-refractivity contribution in [3.63, 3.8) is 0 Å². The summed E-state index contributed by atoms with van der Waals surface area (Å²) >= 11 is 8.99. The van der Waals surface area contributed by atoms with E-state index in [2.05, 4.69) is 21.2 Å². The molecule has 0 aromatic heterocycles. The van der Waals surface area contributed by atoms with Gasteiger partial charge in [0.1, 0.15) is 5.82 Å². The van der Waals surface area contributed by atoms with Gasteiger partial charge < -0.3 is 5.32 Å². The molecule has 0 bridgehead atoms. The number of benzene rings is 1. The van der Waals surface area contributed by atoms with Gasteiger partial charge >= 0.3 is 0 Å². The quantitative estimate of drug-likeness (QED) is 0.590. The second kappa shape index (κ2) is 8.04. The normalized spacial score (nSPS) is 10.7. The van der Waals surface area contributed by atoms with Crippen molar-refractivity contribution in [1.82, 2.24) is 5.32 Å². The van der Waals surface area contributed by atoms with Gasteiger partial charge in [0.15, 0.2) is 0 Å². The first kappa shape index (κ1) is 13.9. The number of hydrogen-bond donors (Lipinski definition) is 1. The lowest BCUT2D eigenvalue weighted by atomic mass is 10.2. The number of nitrogens with one attached hydrogen (secondary N) is 1. The van der Waals surface area contributed by atoms with Gasteiger partial charge in [-0.1, -0.05) is 40.0 Å². The molecule has 16 heavy (non-hydrogen) atoms. The molecule has 1 aromatic carbocycles. The minimum atomic E-state index is -0.347. The second-order valence-electron chi connectivity index (χ2n) is 3.67. The Bertz CT molecular complexity index is 320. The van der Waals surface area contributed by atoms with Crippen LogP contribution in [0.3, 0.4) is 0 Å². The van der Waals surface area contributed by atoms with Crippen LogP contribution in [-0.2, 0) is 6.54 Å². The largest absolute Gasteiger partial charge is 0.313 e. The van der Waals surface area contributed by atoms with Gasteiger partial charge in [-0.25, -0.2) is 4.39 Å². The van der Waals surface area contributed by atoms with Gasteiger partial charge in [0, 0.05) is 11.9 Å². The summed E-state index contributed by atoms with van der Waals surface area (Å²) in [5, 5.41) is 4.53. The molecular weight excluding hydrogens is 292 g/mol. The Balaban J connectivity index is 2.19. The monoisotopic (exact) mass is 307 g/mol. The van der Waals surface area contributed by atoms with Gasteiger partial charge in [-0.2, -0.15) is 0 Å². The van der Waals surface area contributed by atoms with Crippen molar-refractivity contribution in [3.8, 4) is 0 Å². The van der Waals surface area contributed by atoms with Crippen molar-refractivity contribution in [2.24, 2.45) is 0 Å². The van der Waals surface area contributed by atoms with Crippen molar-refractivity contribution in [1.29, 1.82) is 0 Å². The number of halogens is 3. The fourth-order valence-electron chi connectivity index (χ4n) is 1.40. The SMILES string of the molecule is Fc1cc(CNCCCCCBr)ccc1Cl. The minimum Gasteiger partial charge on any atom is -0.313 e. The molecule has 1 nitrogen and oxygen atoms in total. The minimum absolute atomic E-state index is 0.182. The molecule has 0 atom stereocenters. The van der Waals surface area contributed by atoms with Gasteiger partial charge in [0.2, 0.25) is 0 Å². The van der Waals surface area contributed by atoms with E-state index in [1.807, 2.05) is 6.07 Å². The Kier molecular flexibility index (Phi) is 7.01. The Morgan fingerprint density at radius 1 is 1.25 bits per heavy atom. The third-order valence-corrected chi connectivity index (χ3v) is 3.17. The summed E-state index contributed by atoms with van der Waals surface area (Å²) < 4.78 is 13.1. The van der Waals surface area contributed by atoms with Crippen LogP contribution in [0.2, 0.25) is 5.02 Å². The van der Waals surface area contributed by atoms with Crippen LogP contribution < -0.4 is 5.32 Å². The highest BCUT2D eigenvalue weighted by molar-refractivity contribution is 9.09. The Labute approximate surface area is 110 Å². The van der Waals surface area contributed by atoms with E-state index in [1.165, 1.54) is 18.9 Å². The van der Waals surface area contributed by atoms with Crippen molar-refractivity contribution in [2.75, 3.05) is 11.9 Å². The number of rotatable bonds is 7. The summed E-state index contributed by atoms with van der Waals surface area (Å²) in [4.78, 5) is 0. The van der Waals surface area contributed by atoms with Crippen LogP contribution in [0.15, 0.2) is 18.2 Å². The first-order valence-electron chi connectivity index (χ1n) is 5.44. The average Bonchev–Trinajstić information content (AvgIpc) is 2.28. The lowest BCUT2D eigenvalue weighted by molar-refractivity contribution is 0.606. The van der Waals surface area contributed by atoms with E-state index >= 15 is 0 Å². The van der Waals surface area contributed by atoms with Crippen LogP contribution in [0.1, 0.15) is 24.8 Å². The van der Waals surface area contributed by atoms with Gasteiger partial charge in [0.05, 0.1) is 5.02 Å². The maximum Gasteiger partial charge on any atom is 0.142 e. The van der Waals surface area contributed by atoms with E-state index in [9.17, 15) is 4.39 Å². The summed E-state index contributed by atoms with van der Waals surface area (Å²) in [5.74, 6) is -0.347. The fraction of sp³-hybridized carbons (Fsp3) is 0.500. The van der Waals surface area contributed by atoms with Crippen molar-refractivity contribution in [3.05, 3.63) is 34.6 Å². The van der Waals surface area contributed by atoms with Crippen molar-refractivity contribution >= 4 is 27.5 Å². The second-order valence-corrected chi connectivity index (χ2v) is 4.88. The lowest BCUT2D eigenvalue weighted by Gasteiger charge is -2.05. The van der Waals surface area contributed by atoms with Gasteiger partial charge in [-0.15, -0.1) is 0 Å². The molecular formula is C12H16BrClFN. The highest BCUT2D eigenvalue weighted by Crippen LogP contribution is 2.15. The summed E-state index contributed by atoms with van der Waals surface area (Å²) in [7, 11) is 0. The topological polar surface area (TPSA) is 12.0 Å². The Morgan fingerprint density at radius 2 is 2.06 bits per heavy atom. The van der Waals surface area contributed by atoms with Gasteiger partial charge in [-0.05, 0) is 37.1 Å². The number of unbranched alkanes of at least 4 members (excludes halogenated alkanes) is 2. The molecule has 1 N–H and O–H groups in total. The predicted octanol–water partition coefficient (Wildman–Crippen LogP) is 4.13. The zero-order valence-corrected chi connectivity index (χ0v) is 11.5. The van der Waals surface area contributed by atoms with Crippen molar-refractivity contribution < 1.29 is 4.39 Å². The molecule has 0 fully saturated rings. The molecule has 4 heteroatoms. The fourth-order valence-corrected chi connectivity index (χ4v) is 1.92. The van der Waals surface area contributed by atoms with E-state index in [4.69, 9.17) is 11.6 Å². The molecule has 0 aliphatic heterocycles. The number of hydrogen-bond acceptors (Lipinski definition) is 1. The molecule has 0 unspecified atom stereocenters. The molecule has 0 aliphatic carbocycles. The van der Waals surface area contributed by atoms with Gasteiger partial charge in [0.25, 0.3) is 0 Å². The standard InChI is InChI=1S/C12H16BrClFN/c13-6-2-1-3-7-16-9-10-4-5-11(14)12(15)8-10/h4-5,8,16H,1-3,6-7,9H2. The third kappa shape index (κ3) is 5.28. The van der Waals surface area contributed by atoms with E-state index in [-0.39, 0.29) is 10.8 Å². The molecule has 0 heterocycles. The molecule has 90 valence electrons. The first-order chi connectivity index (χ1) is 7.74. The maximum absolute atomic E-state index is 13.1. The van der Waals surface area contributed by atoms with E-state index in [1.54, 1.807) is 6.07 Å². The average molecular weight is 309 g/mol. The Hall–Kier alpha value is -0.120. The molecule has 0 saturated carbocycles. The molecule has 0 aliphatic rings. The Morgan fingerprint density at radius 3 is 2.75 bits per heavy atom. The van der Waals surface area contributed by atoms with Crippen LogP contribution in [0, 0.1) is 5.82 Å². The van der Waals surface area contributed by atoms with Gasteiger partial charge in [-0.3, -0.25) is 0 Å². The summed E-state index contributed by atoms with van der Waals surface area (Å²) in [6.07, 6.45) is 3.58.